The van der Waals surface area contributed by atoms with Crippen LogP contribution in [0.1, 0.15) is 13.3 Å². The molecule has 3 N–H and O–H groups in total. The van der Waals surface area contributed by atoms with E-state index in [4.69, 9.17) is 10.5 Å². The van der Waals surface area contributed by atoms with Gasteiger partial charge in [-0.1, -0.05) is 0 Å². The zero-order chi connectivity index (χ0) is 12.1. The van der Waals surface area contributed by atoms with Crippen LogP contribution in [0.2, 0.25) is 0 Å². The van der Waals surface area contributed by atoms with Gasteiger partial charge in [0.15, 0.2) is 0 Å². The molecule has 0 aliphatic rings. The van der Waals surface area contributed by atoms with Crippen LogP contribution >= 0.6 is 28.3 Å². The summed E-state index contributed by atoms with van der Waals surface area (Å²) >= 11 is 3.34. The highest BCUT2D eigenvalue weighted by Gasteiger charge is 2.07. The molecule has 1 aromatic rings. The first-order valence-electron chi connectivity index (χ1n) is 4.92. The van der Waals surface area contributed by atoms with Gasteiger partial charge in [0.05, 0.1) is 11.6 Å². The Balaban J connectivity index is 0.00000256. The summed E-state index contributed by atoms with van der Waals surface area (Å²) in [6.07, 6.45) is 0.304. The number of methoxy groups -OCH3 is 1. The lowest BCUT2D eigenvalue weighted by Gasteiger charge is -2.09. The van der Waals surface area contributed by atoms with E-state index in [2.05, 4.69) is 21.2 Å². The summed E-state index contributed by atoms with van der Waals surface area (Å²) in [6.45, 7) is 1.79. The number of rotatable bonds is 4. The third-order valence-corrected chi connectivity index (χ3v) is 2.60. The lowest BCUT2D eigenvalue weighted by atomic mass is 10.2. The molecule has 0 spiro atoms. The van der Waals surface area contributed by atoms with Gasteiger partial charge in [-0.05, 0) is 35.0 Å². The number of hydrogen-bond donors (Lipinski definition) is 2. The number of anilines is 1. The number of nitrogens with two attached hydrogens (primary N) is 1. The van der Waals surface area contributed by atoms with Crippen LogP contribution in [0.5, 0.6) is 5.75 Å². The Morgan fingerprint density at radius 2 is 2.24 bits per heavy atom. The van der Waals surface area contributed by atoms with Gasteiger partial charge in [-0.2, -0.15) is 0 Å². The van der Waals surface area contributed by atoms with Crippen molar-refractivity contribution in [3.05, 3.63) is 22.7 Å². The van der Waals surface area contributed by atoms with Gasteiger partial charge in [0, 0.05) is 24.2 Å². The Kier molecular flexibility index (Phi) is 7.18. The lowest BCUT2D eigenvalue weighted by Crippen LogP contribution is -2.23. The highest BCUT2D eigenvalue weighted by molar-refractivity contribution is 9.10. The van der Waals surface area contributed by atoms with Gasteiger partial charge in [-0.25, -0.2) is 0 Å². The minimum atomic E-state index is -0.141. The Labute approximate surface area is 115 Å². The van der Waals surface area contributed by atoms with Crippen LogP contribution < -0.4 is 15.8 Å². The first kappa shape index (κ1) is 16.2. The summed E-state index contributed by atoms with van der Waals surface area (Å²) in [5.74, 6) is 0.581. The summed E-state index contributed by atoms with van der Waals surface area (Å²) in [7, 11) is 1.58. The van der Waals surface area contributed by atoms with E-state index in [1.165, 1.54) is 0 Å². The number of nitrogens with one attached hydrogen (secondary N) is 1. The third-order valence-electron chi connectivity index (χ3n) is 1.94. The van der Waals surface area contributed by atoms with E-state index < -0.39 is 0 Å². The topological polar surface area (TPSA) is 64.3 Å². The van der Waals surface area contributed by atoms with Gasteiger partial charge < -0.3 is 15.8 Å². The standard InChI is InChI=1S/C11H15BrN2O2.ClH/c1-7(13)5-11(15)14-8-3-4-9(12)10(6-8)16-2;/h3-4,6-7H,5,13H2,1-2H3,(H,14,15);1H. The van der Waals surface area contributed by atoms with E-state index in [9.17, 15) is 4.79 Å². The van der Waals surface area contributed by atoms with Crippen LogP contribution in [0.15, 0.2) is 22.7 Å². The second-order valence-electron chi connectivity index (χ2n) is 3.58. The van der Waals surface area contributed by atoms with Crippen molar-refractivity contribution < 1.29 is 9.53 Å². The normalized spacial score (nSPS) is 11.3. The second-order valence-corrected chi connectivity index (χ2v) is 4.43. The van der Waals surface area contributed by atoms with Crippen molar-refractivity contribution >= 4 is 39.9 Å². The number of halogens is 2. The Morgan fingerprint density at radius 1 is 1.59 bits per heavy atom. The first-order chi connectivity index (χ1) is 7.52. The smallest absolute Gasteiger partial charge is 0.225 e. The molecule has 0 aromatic heterocycles. The number of carbonyl (C=O) groups is 1. The third kappa shape index (κ3) is 5.39. The number of hydrogen-bond acceptors (Lipinski definition) is 3. The lowest BCUT2D eigenvalue weighted by molar-refractivity contribution is -0.116. The summed E-state index contributed by atoms with van der Waals surface area (Å²) in [6, 6.07) is 5.23. The molecule has 0 saturated carbocycles. The number of carbonyl (C=O) groups excluding carboxylic acids is 1. The molecule has 96 valence electrons. The van der Waals surface area contributed by atoms with Crippen LogP contribution in [-0.2, 0) is 4.79 Å². The molecule has 0 aliphatic heterocycles. The number of amides is 1. The van der Waals surface area contributed by atoms with Gasteiger partial charge in [-0.3, -0.25) is 4.79 Å². The Morgan fingerprint density at radius 3 is 2.76 bits per heavy atom. The number of ether oxygens (including phenoxy) is 1. The van der Waals surface area contributed by atoms with E-state index in [-0.39, 0.29) is 24.4 Å². The zero-order valence-corrected chi connectivity index (χ0v) is 12.1. The van der Waals surface area contributed by atoms with Crippen molar-refractivity contribution in [2.24, 2.45) is 5.73 Å². The van der Waals surface area contributed by atoms with Crippen molar-refractivity contribution in [2.75, 3.05) is 12.4 Å². The summed E-state index contributed by atoms with van der Waals surface area (Å²) in [5, 5.41) is 2.76. The van der Waals surface area contributed by atoms with Crippen LogP contribution in [0.4, 0.5) is 5.69 Å². The fraction of sp³-hybridized carbons (Fsp3) is 0.364. The SMILES string of the molecule is COc1cc(NC(=O)CC(C)N)ccc1Br.Cl. The molecule has 0 fully saturated rings. The second kappa shape index (κ2) is 7.53. The maximum Gasteiger partial charge on any atom is 0.225 e. The van der Waals surface area contributed by atoms with Gasteiger partial charge in [0.2, 0.25) is 5.91 Å². The van der Waals surface area contributed by atoms with Crippen LogP contribution in [-0.4, -0.2) is 19.1 Å². The molecular formula is C11H16BrClN2O2. The van der Waals surface area contributed by atoms with E-state index in [1.807, 2.05) is 6.07 Å². The summed E-state index contributed by atoms with van der Waals surface area (Å²) in [4.78, 5) is 11.5. The maximum atomic E-state index is 11.5. The maximum absolute atomic E-state index is 11.5. The minimum absolute atomic E-state index is 0. The molecule has 1 aromatic carbocycles. The predicted molar refractivity (Wildman–Crippen MR) is 74.8 cm³/mol. The molecule has 0 heterocycles. The molecule has 6 heteroatoms. The van der Waals surface area contributed by atoms with Gasteiger partial charge >= 0.3 is 0 Å². The molecule has 0 radical (unpaired) electrons. The fourth-order valence-electron chi connectivity index (χ4n) is 1.24. The van der Waals surface area contributed by atoms with E-state index in [1.54, 1.807) is 26.2 Å². The van der Waals surface area contributed by atoms with E-state index in [0.717, 1.165) is 4.47 Å². The molecular weight excluding hydrogens is 307 g/mol. The molecule has 1 amide bonds. The Hall–Kier alpha value is -0.780. The molecule has 1 rings (SSSR count). The molecule has 1 unspecified atom stereocenters. The molecule has 1 atom stereocenters. The van der Waals surface area contributed by atoms with Gasteiger partial charge in [-0.15, -0.1) is 12.4 Å². The van der Waals surface area contributed by atoms with E-state index in [0.29, 0.717) is 17.9 Å². The average molecular weight is 324 g/mol. The highest BCUT2D eigenvalue weighted by atomic mass is 79.9. The summed E-state index contributed by atoms with van der Waals surface area (Å²) < 4.78 is 5.97. The van der Waals surface area contributed by atoms with Crippen molar-refractivity contribution in [2.45, 2.75) is 19.4 Å². The van der Waals surface area contributed by atoms with Crippen molar-refractivity contribution in [1.82, 2.24) is 0 Å². The highest BCUT2D eigenvalue weighted by Crippen LogP contribution is 2.27. The van der Waals surface area contributed by atoms with Gasteiger partial charge in [0.1, 0.15) is 5.75 Å². The van der Waals surface area contributed by atoms with Crippen LogP contribution in [0.3, 0.4) is 0 Å². The number of benzene rings is 1. The van der Waals surface area contributed by atoms with Crippen LogP contribution in [0, 0.1) is 0 Å². The zero-order valence-electron chi connectivity index (χ0n) is 9.70. The summed E-state index contributed by atoms with van der Waals surface area (Å²) in [5.41, 5.74) is 6.23. The monoisotopic (exact) mass is 322 g/mol. The van der Waals surface area contributed by atoms with Crippen molar-refractivity contribution in [3.63, 3.8) is 0 Å². The quantitative estimate of drug-likeness (QED) is 0.895. The van der Waals surface area contributed by atoms with Crippen LogP contribution in [0.25, 0.3) is 0 Å². The van der Waals surface area contributed by atoms with Crippen molar-refractivity contribution in [1.29, 1.82) is 0 Å². The Bertz CT molecular complexity index is 386. The molecule has 4 nitrogen and oxygen atoms in total. The molecule has 17 heavy (non-hydrogen) atoms. The molecule has 0 bridgehead atoms. The van der Waals surface area contributed by atoms with E-state index >= 15 is 0 Å². The first-order valence-corrected chi connectivity index (χ1v) is 5.71. The van der Waals surface area contributed by atoms with Crippen molar-refractivity contribution in [3.8, 4) is 5.75 Å². The fourth-order valence-corrected chi connectivity index (χ4v) is 1.65. The minimum Gasteiger partial charge on any atom is -0.495 e. The largest absolute Gasteiger partial charge is 0.495 e. The molecule has 0 saturated heterocycles. The molecule has 0 aliphatic carbocycles. The average Bonchev–Trinajstić information content (AvgIpc) is 2.19. The van der Waals surface area contributed by atoms with Gasteiger partial charge in [0.25, 0.3) is 0 Å². The predicted octanol–water partition coefficient (Wildman–Crippen LogP) is 2.56.